The van der Waals surface area contributed by atoms with Crippen molar-refractivity contribution in [2.45, 2.75) is 6.54 Å². The maximum absolute atomic E-state index is 8.54. The highest BCUT2D eigenvalue weighted by atomic mass is 35.5. The number of aliphatic hydroxyl groups excluding tert-OH is 1. The van der Waals surface area contributed by atoms with Gasteiger partial charge in [-0.25, -0.2) is 0 Å². The van der Waals surface area contributed by atoms with Gasteiger partial charge in [-0.3, -0.25) is 0 Å². The Hall–Kier alpha value is -1.01. The number of hydrogen-bond donors (Lipinski definition) is 2. The third-order valence-electron chi connectivity index (χ3n) is 2.44. The predicted octanol–water partition coefficient (Wildman–Crippen LogP) is 1.22. The quantitative estimate of drug-likeness (QED) is 0.670. The molecular weight excluding hydrogens is 270 g/mol. The summed E-state index contributed by atoms with van der Waals surface area (Å²) in [7, 11) is 3.24. The first-order valence-electron chi connectivity index (χ1n) is 5.92. The normalized spacial score (nSPS) is 9.84. The van der Waals surface area contributed by atoms with Gasteiger partial charge in [0.25, 0.3) is 0 Å². The van der Waals surface area contributed by atoms with E-state index in [1.54, 1.807) is 14.2 Å². The first-order valence-corrected chi connectivity index (χ1v) is 5.92. The van der Waals surface area contributed by atoms with Gasteiger partial charge in [0, 0.05) is 13.1 Å². The van der Waals surface area contributed by atoms with Crippen molar-refractivity contribution < 1.29 is 19.3 Å². The highest BCUT2D eigenvalue weighted by Gasteiger charge is 2.03. The number of hydrogen-bond acceptors (Lipinski definition) is 5. The Bertz CT molecular complexity index is 349. The van der Waals surface area contributed by atoms with Crippen molar-refractivity contribution in [2.24, 2.45) is 0 Å². The summed E-state index contributed by atoms with van der Waals surface area (Å²) in [5.74, 6) is 1.46. The average molecular weight is 292 g/mol. The Labute approximate surface area is 120 Å². The molecule has 0 aliphatic heterocycles. The van der Waals surface area contributed by atoms with Crippen LogP contribution in [0.3, 0.4) is 0 Å². The van der Waals surface area contributed by atoms with Crippen LogP contribution in [0.5, 0.6) is 11.5 Å². The molecule has 0 amide bonds. The first-order chi connectivity index (χ1) is 8.81. The fourth-order valence-electron chi connectivity index (χ4n) is 1.53. The molecule has 0 fully saturated rings. The lowest BCUT2D eigenvalue weighted by Crippen LogP contribution is -2.20. The van der Waals surface area contributed by atoms with E-state index < -0.39 is 0 Å². The summed E-state index contributed by atoms with van der Waals surface area (Å²) in [6.45, 7) is 2.53. The van der Waals surface area contributed by atoms with Gasteiger partial charge in [0.05, 0.1) is 34.0 Å². The van der Waals surface area contributed by atoms with Gasteiger partial charge in [-0.05, 0) is 17.7 Å². The maximum Gasteiger partial charge on any atom is 0.161 e. The van der Waals surface area contributed by atoms with E-state index in [-0.39, 0.29) is 19.0 Å². The minimum atomic E-state index is 0. The molecule has 0 heterocycles. The zero-order valence-electron chi connectivity index (χ0n) is 11.3. The molecule has 0 saturated carbocycles. The molecule has 0 aliphatic carbocycles. The minimum absolute atomic E-state index is 0. The number of halogens is 1. The number of rotatable bonds is 9. The van der Waals surface area contributed by atoms with Gasteiger partial charge >= 0.3 is 0 Å². The number of methoxy groups -OCH3 is 2. The smallest absolute Gasteiger partial charge is 0.161 e. The molecule has 0 bridgehead atoms. The van der Waals surface area contributed by atoms with Crippen molar-refractivity contribution in [3.63, 3.8) is 0 Å². The molecule has 0 unspecified atom stereocenters. The third-order valence-corrected chi connectivity index (χ3v) is 2.44. The molecule has 0 aromatic heterocycles. The van der Waals surface area contributed by atoms with Gasteiger partial charge in [0.15, 0.2) is 11.5 Å². The van der Waals surface area contributed by atoms with Crippen LogP contribution in [0.15, 0.2) is 18.2 Å². The van der Waals surface area contributed by atoms with Crippen LogP contribution in [0.25, 0.3) is 0 Å². The first kappa shape index (κ1) is 18.0. The van der Waals surface area contributed by atoms with E-state index in [1.165, 1.54) is 0 Å². The van der Waals surface area contributed by atoms with E-state index >= 15 is 0 Å². The van der Waals surface area contributed by atoms with Crippen LogP contribution >= 0.6 is 12.4 Å². The van der Waals surface area contributed by atoms with Crippen LogP contribution in [0.2, 0.25) is 0 Å². The molecule has 0 spiro atoms. The van der Waals surface area contributed by atoms with Gasteiger partial charge in [-0.2, -0.15) is 0 Å². The summed E-state index contributed by atoms with van der Waals surface area (Å²) in [5, 5.41) is 11.8. The van der Waals surface area contributed by atoms with Crippen LogP contribution in [-0.2, 0) is 11.3 Å². The number of nitrogens with one attached hydrogen (secondary N) is 1. The predicted molar refractivity (Wildman–Crippen MR) is 76.4 cm³/mol. The minimum Gasteiger partial charge on any atom is -0.493 e. The molecule has 0 saturated heterocycles. The molecular formula is C13H22ClNO4. The summed E-state index contributed by atoms with van der Waals surface area (Å²) >= 11 is 0. The van der Waals surface area contributed by atoms with Crippen LogP contribution in [-0.4, -0.2) is 45.7 Å². The second kappa shape index (κ2) is 10.9. The average Bonchev–Trinajstić information content (AvgIpc) is 2.42. The van der Waals surface area contributed by atoms with Crippen LogP contribution in [0.1, 0.15) is 5.56 Å². The zero-order chi connectivity index (χ0) is 13.2. The topological polar surface area (TPSA) is 60.0 Å². The van der Waals surface area contributed by atoms with Crippen molar-refractivity contribution in [2.75, 3.05) is 40.6 Å². The second-order valence-corrected chi connectivity index (χ2v) is 3.70. The zero-order valence-corrected chi connectivity index (χ0v) is 12.2. The summed E-state index contributed by atoms with van der Waals surface area (Å²) in [6.07, 6.45) is 0. The lowest BCUT2D eigenvalue weighted by molar-refractivity contribution is 0.0938. The van der Waals surface area contributed by atoms with E-state index in [0.29, 0.717) is 13.2 Å². The molecule has 0 atom stereocenters. The lowest BCUT2D eigenvalue weighted by atomic mass is 10.2. The Balaban J connectivity index is 0.00000324. The summed E-state index contributed by atoms with van der Waals surface area (Å²) in [4.78, 5) is 0. The van der Waals surface area contributed by atoms with E-state index in [4.69, 9.17) is 19.3 Å². The van der Waals surface area contributed by atoms with E-state index in [9.17, 15) is 0 Å². The molecule has 110 valence electrons. The van der Waals surface area contributed by atoms with Crippen molar-refractivity contribution in [1.29, 1.82) is 0 Å². The van der Waals surface area contributed by atoms with E-state index in [1.807, 2.05) is 18.2 Å². The summed E-state index contributed by atoms with van der Waals surface area (Å²) < 4.78 is 15.5. The van der Waals surface area contributed by atoms with Crippen LogP contribution in [0.4, 0.5) is 0 Å². The van der Waals surface area contributed by atoms with Crippen molar-refractivity contribution in [1.82, 2.24) is 5.32 Å². The Morgan fingerprint density at radius 3 is 2.47 bits per heavy atom. The number of benzene rings is 1. The highest BCUT2D eigenvalue weighted by molar-refractivity contribution is 5.85. The molecule has 1 aromatic carbocycles. The second-order valence-electron chi connectivity index (χ2n) is 3.70. The highest BCUT2D eigenvalue weighted by Crippen LogP contribution is 2.27. The fraction of sp³-hybridized carbons (Fsp3) is 0.538. The summed E-state index contributed by atoms with van der Waals surface area (Å²) in [5.41, 5.74) is 1.12. The van der Waals surface area contributed by atoms with Crippen molar-refractivity contribution >= 4 is 12.4 Å². The van der Waals surface area contributed by atoms with Crippen molar-refractivity contribution in [3.05, 3.63) is 23.8 Å². The molecule has 6 heteroatoms. The SMILES string of the molecule is COc1ccc(CNCCOCCO)cc1OC.Cl. The van der Waals surface area contributed by atoms with Gasteiger partial charge < -0.3 is 24.6 Å². The van der Waals surface area contributed by atoms with Crippen LogP contribution in [0, 0.1) is 0 Å². The molecule has 1 aromatic rings. The summed E-state index contributed by atoms with van der Waals surface area (Å²) in [6, 6.07) is 5.82. The van der Waals surface area contributed by atoms with Gasteiger partial charge in [-0.1, -0.05) is 6.07 Å². The molecule has 0 aliphatic rings. The van der Waals surface area contributed by atoms with Crippen molar-refractivity contribution in [3.8, 4) is 11.5 Å². The molecule has 2 N–H and O–H groups in total. The third kappa shape index (κ3) is 6.63. The van der Waals surface area contributed by atoms with E-state index in [0.717, 1.165) is 30.2 Å². The Morgan fingerprint density at radius 2 is 1.84 bits per heavy atom. The fourth-order valence-corrected chi connectivity index (χ4v) is 1.53. The Kier molecular flexibility index (Phi) is 10.3. The largest absolute Gasteiger partial charge is 0.493 e. The monoisotopic (exact) mass is 291 g/mol. The molecule has 19 heavy (non-hydrogen) atoms. The number of aliphatic hydroxyl groups is 1. The molecule has 5 nitrogen and oxygen atoms in total. The standard InChI is InChI=1S/C13H21NO4.ClH/c1-16-12-4-3-11(9-13(12)17-2)10-14-5-7-18-8-6-15;/h3-4,9,14-15H,5-8,10H2,1-2H3;1H. The van der Waals surface area contributed by atoms with E-state index in [2.05, 4.69) is 5.32 Å². The van der Waals surface area contributed by atoms with Gasteiger partial charge in [0.1, 0.15) is 0 Å². The van der Waals surface area contributed by atoms with Gasteiger partial charge in [0.2, 0.25) is 0 Å². The van der Waals surface area contributed by atoms with Gasteiger partial charge in [-0.15, -0.1) is 12.4 Å². The molecule has 1 rings (SSSR count). The van der Waals surface area contributed by atoms with Crippen LogP contribution < -0.4 is 14.8 Å². The number of ether oxygens (including phenoxy) is 3. The molecule has 0 radical (unpaired) electrons. The lowest BCUT2D eigenvalue weighted by Gasteiger charge is -2.10. The Morgan fingerprint density at radius 1 is 1.11 bits per heavy atom. The maximum atomic E-state index is 8.54.